The number of nitriles is 1. The van der Waals surface area contributed by atoms with E-state index in [0.29, 0.717) is 24.6 Å². The number of rotatable bonds is 4. The van der Waals surface area contributed by atoms with Crippen LogP contribution in [0.4, 0.5) is 4.79 Å². The van der Waals surface area contributed by atoms with Crippen molar-refractivity contribution in [1.82, 2.24) is 24.2 Å². The maximum absolute atomic E-state index is 12.6. The fourth-order valence-corrected chi connectivity index (χ4v) is 5.59. The second-order valence-electron chi connectivity index (χ2n) is 11.6. The second-order valence-corrected chi connectivity index (χ2v) is 11.6. The quantitative estimate of drug-likeness (QED) is 0.268. The maximum Gasteiger partial charge on any atom is 0.410 e. The average Bonchev–Trinajstić information content (AvgIpc) is 3.65. The van der Waals surface area contributed by atoms with Crippen LogP contribution >= 0.6 is 0 Å². The lowest BCUT2D eigenvalue weighted by Crippen LogP contribution is -2.35. The number of carbonyl (C=O) groups excluding carboxylic acids is 1. The normalized spacial score (nSPS) is 15.6. The molecule has 0 spiro atoms. The van der Waals surface area contributed by atoms with Crippen molar-refractivity contribution in [3.63, 3.8) is 0 Å². The van der Waals surface area contributed by atoms with E-state index in [-0.39, 0.29) is 6.09 Å². The van der Waals surface area contributed by atoms with Crippen molar-refractivity contribution in [1.29, 1.82) is 5.26 Å². The van der Waals surface area contributed by atoms with Gasteiger partial charge in [0.25, 0.3) is 0 Å². The minimum absolute atomic E-state index is 0.247. The van der Waals surface area contributed by atoms with Gasteiger partial charge in [0.15, 0.2) is 0 Å². The minimum atomic E-state index is -0.504. The van der Waals surface area contributed by atoms with Crippen molar-refractivity contribution in [2.45, 2.75) is 39.3 Å². The summed E-state index contributed by atoms with van der Waals surface area (Å²) in [6, 6.07) is 18.4. The lowest BCUT2D eigenvalue weighted by Gasteiger charge is -2.24. The highest BCUT2D eigenvalue weighted by atomic mass is 16.6. The van der Waals surface area contributed by atoms with E-state index in [1.165, 1.54) is 0 Å². The van der Waals surface area contributed by atoms with Gasteiger partial charge in [-0.15, -0.1) is 0 Å². The number of hydrogen-bond acceptors (Lipinski definition) is 5. The van der Waals surface area contributed by atoms with Gasteiger partial charge >= 0.3 is 6.09 Å². The molecule has 0 saturated carbocycles. The van der Waals surface area contributed by atoms with Crippen molar-refractivity contribution in [2.75, 3.05) is 13.1 Å². The first-order valence-electron chi connectivity index (χ1n) is 13.6. The van der Waals surface area contributed by atoms with Crippen LogP contribution in [0.1, 0.15) is 32.8 Å². The summed E-state index contributed by atoms with van der Waals surface area (Å²) < 4.78 is 9.60. The van der Waals surface area contributed by atoms with E-state index in [0.717, 1.165) is 57.2 Å². The van der Waals surface area contributed by atoms with Crippen LogP contribution in [0.25, 0.3) is 44.2 Å². The fourth-order valence-electron chi connectivity index (χ4n) is 5.59. The summed E-state index contributed by atoms with van der Waals surface area (Å²) in [6.45, 7) is 7.81. The third-order valence-corrected chi connectivity index (χ3v) is 7.42. The fraction of sp³-hybridized carbons (Fsp3) is 0.312. The summed E-state index contributed by atoms with van der Waals surface area (Å²) in [7, 11) is 1.93. The Kier molecular flexibility index (Phi) is 6.30. The zero-order valence-corrected chi connectivity index (χ0v) is 23.3. The first kappa shape index (κ1) is 25.6. The van der Waals surface area contributed by atoms with Gasteiger partial charge in [-0.25, -0.2) is 9.78 Å². The van der Waals surface area contributed by atoms with E-state index in [4.69, 9.17) is 9.72 Å². The van der Waals surface area contributed by atoms with Crippen molar-refractivity contribution < 1.29 is 9.53 Å². The molecule has 5 aromatic rings. The molecule has 1 aliphatic heterocycles. The van der Waals surface area contributed by atoms with Crippen LogP contribution in [0.3, 0.4) is 0 Å². The summed E-state index contributed by atoms with van der Waals surface area (Å²) in [5.74, 6) is 0.314. The average molecular weight is 533 g/mol. The Labute approximate surface area is 233 Å². The van der Waals surface area contributed by atoms with Crippen molar-refractivity contribution >= 4 is 28.0 Å². The molecule has 1 amide bonds. The summed E-state index contributed by atoms with van der Waals surface area (Å²) in [4.78, 5) is 19.3. The number of likely N-dealkylation sites (tertiary alicyclic amines) is 1. The van der Waals surface area contributed by atoms with Gasteiger partial charge in [0, 0.05) is 67.2 Å². The molecule has 1 fully saturated rings. The lowest BCUT2D eigenvalue weighted by atomic mass is 9.93. The van der Waals surface area contributed by atoms with Crippen molar-refractivity contribution in [2.24, 2.45) is 13.0 Å². The Morgan fingerprint density at radius 3 is 2.65 bits per heavy atom. The van der Waals surface area contributed by atoms with Crippen LogP contribution in [0.2, 0.25) is 0 Å². The third-order valence-electron chi connectivity index (χ3n) is 7.42. The van der Waals surface area contributed by atoms with Crippen molar-refractivity contribution in [3.05, 3.63) is 72.7 Å². The molecule has 3 aromatic heterocycles. The SMILES string of the molecule is Cn1cc2ccc(-c3cnc4c(ccn4C[C@@H]4CCN(C(=O)OC(C)(C)C)C4)c3-c3ccc(C#N)cc3)cc2n1. The number of pyridine rings is 1. The smallest absolute Gasteiger partial charge is 0.410 e. The van der Waals surface area contributed by atoms with Gasteiger partial charge in [-0.3, -0.25) is 4.68 Å². The number of fused-ring (bicyclic) bond motifs is 2. The molecule has 1 atom stereocenters. The van der Waals surface area contributed by atoms with Crippen LogP contribution in [-0.2, 0) is 18.3 Å². The molecule has 8 nitrogen and oxygen atoms in total. The molecule has 40 heavy (non-hydrogen) atoms. The van der Waals surface area contributed by atoms with Gasteiger partial charge in [-0.2, -0.15) is 10.4 Å². The molecule has 202 valence electrons. The molecule has 8 heteroatoms. The Balaban J connectivity index is 1.37. The number of carbonyl (C=O) groups is 1. The molecule has 4 heterocycles. The summed E-state index contributed by atoms with van der Waals surface area (Å²) in [6.07, 6.45) is 6.71. The Morgan fingerprint density at radius 2 is 1.90 bits per heavy atom. The number of aromatic nitrogens is 4. The first-order valence-corrected chi connectivity index (χ1v) is 13.6. The van der Waals surface area contributed by atoms with E-state index < -0.39 is 5.60 Å². The lowest BCUT2D eigenvalue weighted by molar-refractivity contribution is 0.0287. The number of amides is 1. The van der Waals surface area contributed by atoms with Gasteiger partial charge in [0.2, 0.25) is 0 Å². The molecule has 0 N–H and O–H groups in total. The largest absolute Gasteiger partial charge is 0.444 e. The number of hydrogen-bond donors (Lipinski definition) is 0. The molecule has 0 unspecified atom stereocenters. The highest BCUT2D eigenvalue weighted by Gasteiger charge is 2.30. The molecule has 1 aliphatic rings. The van der Waals surface area contributed by atoms with Gasteiger partial charge in [0.05, 0.1) is 17.1 Å². The molecular formula is C32H32N6O2. The summed E-state index contributed by atoms with van der Waals surface area (Å²) in [5.41, 5.74) is 6.10. The van der Waals surface area contributed by atoms with Gasteiger partial charge in [-0.1, -0.05) is 24.3 Å². The van der Waals surface area contributed by atoms with E-state index in [2.05, 4.69) is 46.2 Å². The molecule has 1 saturated heterocycles. The second kappa shape index (κ2) is 9.83. The Hall–Kier alpha value is -4.64. The number of ether oxygens (including phenoxy) is 1. The highest BCUT2D eigenvalue weighted by molar-refractivity contribution is 6.02. The van der Waals surface area contributed by atoms with Crippen LogP contribution < -0.4 is 0 Å². The van der Waals surface area contributed by atoms with Crippen LogP contribution in [0.15, 0.2) is 67.1 Å². The molecule has 0 radical (unpaired) electrons. The number of nitrogens with zero attached hydrogens (tertiary/aromatic N) is 6. The Morgan fingerprint density at radius 1 is 1.12 bits per heavy atom. The van der Waals surface area contributed by atoms with Crippen LogP contribution in [0.5, 0.6) is 0 Å². The highest BCUT2D eigenvalue weighted by Crippen LogP contribution is 2.39. The monoisotopic (exact) mass is 532 g/mol. The van der Waals surface area contributed by atoms with Gasteiger partial charge < -0.3 is 14.2 Å². The van der Waals surface area contributed by atoms with E-state index in [9.17, 15) is 10.1 Å². The minimum Gasteiger partial charge on any atom is -0.444 e. The van der Waals surface area contributed by atoms with Crippen LogP contribution in [-0.4, -0.2) is 49.0 Å². The molecule has 2 aromatic carbocycles. The predicted molar refractivity (Wildman–Crippen MR) is 156 cm³/mol. The zero-order chi connectivity index (χ0) is 28.0. The molecule has 0 aliphatic carbocycles. The van der Waals surface area contributed by atoms with Gasteiger partial charge in [0.1, 0.15) is 11.2 Å². The summed E-state index contributed by atoms with van der Waals surface area (Å²) in [5, 5.41) is 16.1. The number of benzene rings is 2. The summed E-state index contributed by atoms with van der Waals surface area (Å²) >= 11 is 0. The molecule has 6 rings (SSSR count). The van der Waals surface area contributed by atoms with E-state index in [1.807, 2.05) is 74.1 Å². The number of aryl methyl sites for hydroxylation is 1. The predicted octanol–water partition coefficient (Wildman–Crippen LogP) is 6.39. The molecular weight excluding hydrogens is 500 g/mol. The molecule has 0 bridgehead atoms. The zero-order valence-electron chi connectivity index (χ0n) is 23.3. The van der Waals surface area contributed by atoms with E-state index in [1.54, 1.807) is 0 Å². The van der Waals surface area contributed by atoms with E-state index >= 15 is 0 Å². The first-order chi connectivity index (χ1) is 19.2. The Bertz CT molecular complexity index is 1770. The van der Waals surface area contributed by atoms with Gasteiger partial charge in [-0.05, 0) is 68.5 Å². The van der Waals surface area contributed by atoms with Crippen molar-refractivity contribution in [3.8, 4) is 28.3 Å². The van der Waals surface area contributed by atoms with Crippen LogP contribution in [0, 0.1) is 17.2 Å². The maximum atomic E-state index is 12.6. The third kappa shape index (κ3) is 4.91. The topological polar surface area (TPSA) is 89.0 Å². The standard InChI is InChI=1S/C32H32N6O2/c1-32(2,3)40-31(39)38-13-11-22(19-38)18-37-14-12-26-29(23-7-5-21(16-33)6-8-23)27(17-34-30(26)37)24-9-10-25-20-36(4)35-28(25)15-24/h5-10,12,14-15,17,20,22H,11,13,18-19H2,1-4H3/t22-/m0/s1.